The Labute approximate surface area is 156 Å². The SMILES string of the molecule is COC(=O)C1(C2CCCCCC2)CCCCCC1.N=C=S.N=C=S. The Bertz CT molecular complexity index is 401. The Hall–Kier alpha value is -0.930. The summed E-state index contributed by atoms with van der Waals surface area (Å²) in [4.78, 5) is 12.4. The first kappa shape index (κ1) is 23.1. The van der Waals surface area contributed by atoms with E-state index in [1.54, 1.807) is 17.4 Å². The first-order valence-corrected chi connectivity index (χ1v) is 9.60. The molecular formula is C18H30N2O2S2. The average Bonchev–Trinajstić information content (AvgIpc) is 2.99. The number of carbonyl (C=O) groups excluding carboxylic acids is 1. The fraction of sp³-hybridized carbons (Fsp3) is 0.833. The molecule has 2 aliphatic carbocycles. The second-order valence-corrected chi connectivity index (χ2v) is 6.86. The van der Waals surface area contributed by atoms with Gasteiger partial charge >= 0.3 is 5.97 Å². The van der Waals surface area contributed by atoms with Crippen molar-refractivity contribution in [2.45, 2.75) is 77.0 Å². The van der Waals surface area contributed by atoms with E-state index in [2.05, 4.69) is 24.4 Å². The third-order valence-electron chi connectivity index (χ3n) is 5.22. The van der Waals surface area contributed by atoms with Crippen molar-refractivity contribution in [3.05, 3.63) is 0 Å². The molecule has 0 amide bonds. The smallest absolute Gasteiger partial charge is 0.312 e. The number of esters is 1. The van der Waals surface area contributed by atoms with Crippen molar-refractivity contribution in [3.63, 3.8) is 0 Å². The molecule has 2 rings (SSSR count). The van der Waals surface area contributed by atoms with E-state index in [0.717, 1.165) is 12.8 Å². The molecule has 2 N–H and O–H groups in total. The number of ether oxygens (including phenoxy) is 1. The van der Waals surface area contributed by atoms with Gasteiger partial charge in [0.1, 0.15) is 0 Å². The number of thiocarbonyl (C=S) groups is 2. The summed E-state index contributed by atoms with van der Waals surface area (Å²) in [7, 11) is 1.58. The molecule has 2 aliphatic rings. The van der Waals surface area contributed by atoms with Crippen LogP contribution in [0.15, 0.2) is 0 Å². The average molecular weight is 371 g/mol. The third-order valence-corrected chi connectivity index (χ3v) is 5.22. The molecule has 6 heteroatoms. The molecule has 0 aromatic heterocycles. The van der Waals surface area contributed by atoms with Crippen LogP contribution in [0.3, 0.4) is 0 Å². The summed E-state index contributed by atoms with van der Waals surface area (Å²) in [6.45, 7) is 0. The lowest BCUT2D eigenvalue weighted by Gasteiger charge is -2.37. The van der Waals surface area contributed by atoms with Crippen molar-refractivity contribution in [3.8, 4) is 0 Å². The highest BCUT2D eigenvalue weighted by atomic mass is 32.1. The predicted octanol–water partition coefficient (Wildman–Crippen LogP) is 5.81. The van der Waals surface area contributed by atoms with Crippen molar-refractivity contribution < 1.29 is 9.53 Å². The molecule has 136 valence electrons. The largest absolute Gasteiger partial charge is 0.469 e. The van der Waals surface area contributed by atoms with E-state index in [-0.39, 0.29) is 11.4 Å². The van der Waals surface area contributed by atoms with Crippen molar-refractivity contribution in [2.75, 3.05) is 7.11 Å². The first-order chi connectivity index (χ1) is 11.6. The van der Waals surface area contributed by atoms with Crippen molar-refractivity contribution in [1.29, 1.82) is 10.8 Å². The van der Waals surface area contributed by atoms with Gasteiger partial charge in [-0.2, -0.15) is 0 Å². The Balaban J connectivity index is 0.000000772. The molecule has 0 aliphatic heterocycles. The monoisotopic (exact) mass is 370 g/mol. The minimum Gasteiger partial charge on any atom is -0.469 e. The number of rotatable bonds is 2. The van der Waals surface area contributed by atoms with Crippen LogP contribution in [-0.2, 0) is 9.53 Å². The summed E-state index contributed by atoms with van der Waals surface area (Å²) in [5.41, 5.74) is -0.129. The Morgan fingerprint density at radius 3 is 1.67 bits per heavy atom. The van der Waals surface area contributed by atoms with Crippen LogP contribution in [0.1, 0.15) is 77.0 Å². The number of methoxy groups -OCH3 is 1. The number of hydrogen-bond acceptors (Lipinski definition) is 6. The number of hydrogen-bond donors (Lipinski definition) is 2. The summed E-state index contributed by atoms with van der Waals surface area (Å²) >= 11 is 7.62. The summed E-state index contributed by atoms with van der Waals surface area (Å²) in [6, 6.07) is 0. The number of nitrogens with one attached hydrogen (secondary N) is 2. The van der Waals surface area contributed by atoms with Gasteiger partial charge < -0.3 is 4.74 Å². The topological polar surface area (TPSA) is 74.0 Å². The maximum Gasteiger partial charge on any atom is 0.312 e. The number of isothiocyanates is 2. The molecule has 0 saturated heterocycles. The van der Waals surface area contributed by atoms with Crippen molar-refractivity contribution in [1.82, 2.24) is 0 Å². The zero-order chi connectivity index (χ0) is 18.3. The molecule has 0 spiro atoms. The third kappa shape index (κ3) is 7.76. The van der Waals surface area contributed by atoms with Crippen LogP contribution < -0.4 is 0 Å². The standard InChI is InChI=1S/C16H28O2.2CHNS/c1-18-15(17)16(12-8-4-5-9-13-16)14-10-6-2-3-7-11-14;2*2-1-3/h14H,2-13H2,1H3;2*2H. The molecule has 24 heavy (non-hydrogen) atoms. The minimum atomic E-state index is -0.129. The van der Waals surface area contributed by atoms with E-state index < -0.39 is 0 Å². The molecule has 2 saturated carbocycles. The molecule has 2 fully saturated rings. The van der Waals surface area contributed by atoms with Gasteiger partial charge in [0.05, 0.1) is 22.8 Å². The second kappa shape index (κ2) is 14.4. The number of carbonyl (C=O) groups is 1. The molecule has 0 unspecified atom stereocenters. The maximum atomic E-state index is 12.4. The van der Waals surface area contributed by atoms with E-state index in [4.69, 9.17) is 15.6 Å². The van der Waals surface area contributed by atoms with Gasteiger partial charge in [0.15, 0.2) is 0 Å². The lowest BCUT2D eigenvalue weighted by Crippen LogP contribution is -2.39. The molecule has 4 nitrogen and oxygen atoms in total. The first-order valence-electron chi connectivity index (χ1n) is 8.79. The second-order valence-electron chi connectivity index (χ2n) is 6.45. The summed E-state index contributed by atoms with van der Waals surface area (Å²) in [5.74, 6) is 0.682. The normalized spacial score (nSPS) is 20.2. The lowest BCUT2D eigenvalue weighted by atomic mass is 9.67. The van der Waals surface area contributed by atoms with Crippen LogP contribution in [0, 0.1) is 22.2 Å². The van der Waals surface area contributed by atoms with Gasteiger partial charge in [-0.1, -0.05) is 51.4 Å². The van der Waals surface area contributed by atoms with E-state index in [1.807, 2.05) is 0 Å². The van der Waals surface area contributed by atoms with Crippen molar-refractivity contribution in [2.24, 2.45) is 11.3 Å². The Kier molecular flexibility index (Phi) is 13.9. The summed E-state index contributed by atoms with van der Waals surface area (Å²) in [5, 5.41) is 14.7. The van der Waals surface area contributed by atoms with Gasteiger partial charge in [-0.25, -0.2) is 10.8 Å². The Morgan fingerprint density at radius 2 is 1.29 bits per heavy atom. The molecule has 0 radical (unpaired) electrons. The fourth-order valence-electron chi connectivity index (χ4n) is 4.17. The van der Waals surface area contributed by atoms with Gasteiger partial charge in [-0.05, 0) is 56.0 Å². The van der Waals surface area contributed by atoms with Gasteiger partial charge in [0.2, 0.25) is 0 Å². The minimum absolute atomic E-state index is 0.0938. The molecule has 0 aromatic rings. The maximum absolute atomic E-state index is 12.4. The van der Waals surface area contributed by atoms with Crippen LogP contribution in [0.5, 0.6) is 0 Å². The van der Waals surface area contributed by atoms with Crippen LogP contribution in [0.4, 0.5) is 0 Å². The summed E-state index contributed by atoms with van der Waals surface area (Å²) < 4.78 is 5.20. The van der Waals surface area contributed by atoms with Crippen LogP contribution in [0.25, 0.3) is 0 Å². The molecule has 0 heterocycles. The molecule has 0 bridgehead atoms. The van der Waals surface area contributed by atoms with Gasteiger partial charge in [0, 0.05) is 0 Å². The Morgan fingerprint density at radius 1 is 0.917 bits per heavy atom. The van der Waals surface area contributed by atoms with Gasteiger partial charge in [-0.3, -0.25) is 4.79 Å². The van der Waals surface area contributed by atoms with Crippen LogP contribution in [0.2, 0.25) is 0 Å². The molecular weight excluding hydrogens is 340 g/mol. The van der Waals surface area contributed by atoms with Crippen LogP contribution in [-0.4, -0.2) is 23.4 Å². The lowest BCUT2D eigenvalue weighted by molar-refractivity contribution is -0.158. The zero-order valence-electron chi connectivity index (χ0n) is 14.7. The van der Waals surface area contributed by atoms with Crippen LogP contribution >= 0.6 is 24.4 Å². The van der Waals surface area contributed by atoms with E-state index >= 15 is 0 Å². The predicted molar refractivity (Wildman–Crippen MR) is 104 cm³/mol. The van der Waals surface area contributed by atoms with E-state index in [0.29, 0.717) is 5.92 Å². The molecule has 0 atom stereocenters. The summed E-state index contributed by atoms with van der Waals surface area (Å²) in [6.07, 6.45) is 15.0. The highest BCUT2D eigenvalue weighted by Crippen LogP contribution is 2.47. The zero-order valence-corrected chi connectivity index (χ0v) is 16.3. The quantitative estimate of drug-likeness (QED) is 0.278. The van der Waals surface area contributed by atoms with E-state index in [1.165, 1.54) is 64.2 Å². The van der Waals surface area contributed by atoms with E-state index in [9.17, 15) is 4.79 Å². The molecule has 0 aromatic carbocycles. The van der Waals surface area contributed by atoms with Gasteiger partial charge in [0.25, 0.3) is 0 Å². The fourth-order valence-corrected chi connectivity index (χ4v) is 4.17. The van der Waals surface area contributed by atoms with Gasteiger partial charge in [-0.15, -0.1) is 0 Å². The van der Waals surface area contributed by atoms with Crippen molar-refractivity contribution >= 4 is 40.7 Å². The highest BCUT2D eigenvalue weighted by molar-refractivity contribution is 7.78. The highest BCUT2D eigenvalue weighted by Gasteiger charge is 2.45.